The van der Waals surface area contributed by atoms with Crippen LogP contribution >= 0.6 is 11.3 Å². The van der Waals surface area contributed by atoms with Crippen LogP contribution in [0.4, 0.5) is 0 Å². The minimum absolute atomic E-state index is 0.00919. The fourth-order valence-electron chi connectivity index (χ4n) is 3.10. The van der Waals surface area contributed by atoms with Gasteiger partial charge in [-0.3, -0.25) is 9.59 Å². The second kappa shape index (κ2) is 8.31. The van der Waals surface area contributed by atoms with Crippen LogP contribution < -0.4 is 0 Å². The number of Topliss-reactive ketones (excluding diaryl/α,β-unsaturated/α-hetero) is 1. The van der Waals surface area contributed by atoms with Crippen molar-refractivity contribution in [2.24, 2.45) is 0 Å². The molecule has 1 atom stereocenters. The molecule has 1 fully saturated rings. The van der Waals surface area contributed by atoms with Gasteiger partial charge in [-0.1, -0.05) is 51.1 Å². The molecule has 1 aromatic carbocycles. The van der Waals surface area contributed by atoms with Gasteiger partial charge in [-0.05, 0) is 0 Å². The average molecular weight is 387 g/mol. The number of hydrogen-bond acceptors (Lipinski definition) is 5. The van der Waals surface area contributed by atoms with E-state index in [2.05, 4.69) is 25.8 Å². The van der Waals surface area contributed by atoms with Gasteiger partial charge < -0.3 is 9.64 Å². The van der Waals surface area contributed by atoms with Gasteiger partial charge in [-0.2, -0.15) is 0 Å². The third-order valence-corrected chi connectivity index (χ3v) is 5.91. The lowest BCUT2D eigenvalue weighted by Gasteiger charge is -2.35. The fourth-order valence-corrected chi connectivity index (χ4v) is 4.00. The summed E-state index contributed by atoms with van der Waals surface area (Å²) in [6.07, 6.45) is 0.544. The van der Waals surface area contributed by atoms with Crippen molar-refractivity contribution in [3.05, 3.63) is 52.0 Å². The molecule has 0 N–H and O–H groups in total. The van der Waals surface area contributed by atoms with Crippen molar-refractivity contribution in [2.75, 3.05) is 19.8 Å². The molecule has 0 saturated carbocycles. The van der Waals surface area contributed by atoms with Crippen LogP contribution in [0.25, 0.3) is 0 Å². The number of thiazole rings is 1. The number of amides is 1. The van der Waals surface area contributed by atoms with Crippen molar-refractivity contribution >= 4 is 23.0 Å². The van der Waals surface area contributed by atoms with E-state index in [-0.39, 0.29) is 36.0 Å². The summed E-state index contributed by atoms with van der Waals surface area (Å²) in [6, 6.07) is 8.98. The number of carbonyl (C=O) groups excluding carboxylic acids is 2. The quantitative estimate of drug-likeness (QED) is 0.738. The Kier molecular flexibility index (Phi) is 6.07. The monoisotopic (exact) mass is 386 g/mol. The first kappa shape index (κ1) is 19.7. The third-order valence-electron chi connectivity index (χ3n) is 4.59. The SMILES string of the molecule is CC(C)(C)c1nc(CC(=O)N2CCOC[C@H]2CC(=O)c2ccccc2)cs1. The molecule has 2 aromatic rings. The Bertz CT molecular complexity index is 795. The van der Waals surface area contributed by atoms with Crippen molar-refractivity contribution in [2.45, 2.75) is 45.1 Å². The molecule has 1 aliphatic rings. The van der Waals surface area contributed by atoms with E-state index in [4.69, 9.17) is 4.74 Å². The number of rotatable bonds is 5. The molecule has 0 spiro atoms. The summed E-state index contributed by atoms with van der Waals surface area (Å²) in [5.41, 5.74) is 1.45. The lowest BCUT2D eigenvalue weighted by Crippen LogP contribution is -2.50. The zero-order chi connectivity index (χ0) is 19.4. The number of carbonyl (C=O) groups is 2. The Morgan fingerprint density at radius 3 is 2.67 bits per heavy atom. The van der Waals surface area contributed by atoms with Crippen LogP contribution in [-0.4, -0.2) is 47.4 Å². The minimum Gasteiger partial charge on any atom is -0.377 e. The summed E-state index contributed by atoms with van der Waals surface area (Å²) in [5.74, 6) is 0.0440. The summed E-state index contributed by atoms with van der Waals surface area (Å²) < 4.78 is 5.54. The molecular formula is C21H26N2O3S. The number of ether oxygens (including phenoxy) is 1. The van der Waals surface area contributed by atoms with Gasteiger partial charge in [0.1, 0.15) is 0 Å². The summed E-state index contributed by atoms with van der Waals surface area (Å²) in [5, 5.41) is 2.99. The van der Waals surface area contributed by atoms with E-state index in [9.17, 15) is 9.59 Å². The highest BCUT2D eigenvalue weighted by Crippen LogP contribution is 2.26. The Hall–Kier alpha value is -2.05. The second-order valence-electron chi connectivity index (χ2n) is 7.88. The van der Waals surface area contributed by atoms with Gasteiger partial charge in [0.25, 0.3) is 0 Å². The normalized spacial score (nSPS) is 17.7. The third kappa shape index (κ3) is 5.02. The molecule has 6 heteroatoms. The summed E-state index contributed by atoms with van der Waals surface area (Å²) >= 11 is 1.59. The predicted octanol–water partition coefficient (Wildman–Crippen LogP) is 3.48. The predicted molar refractivity (Wildman–Crippen MR) is 106 cm³/mol. The van der Waals surface area contributed by atoms with Crippen molar-refractivity contribution in [1.82, 2.24) is 9.88 Å². The molecule has 1 aliphatic heterocycles. The number of nitrogens with zero attached hydrogens (tertiary/aromatic N) is 2. The van der Waals surface area contributed by atoms with Crippen molar-refractivity contribution in [3.8, 4) is 0 Å². The highest BCUT2D eigenvalue weighted by molar-refractivity contribution is 7.09. The van der Waals surface area contributed by atoms with E-state index >= 15 is 0 Å². The van der Waals surface area contributed by atoms with Gasteiger partial charge in [-0.25, -0.2) is 4.98 Å². The molecule has 0 aliphatic carbocycles. The van der Waals surface area contributed by atoms with E-state index in [0.717, 1.165) is 10.7 Å². The largest absolute Gasteiger partial charge is 0.377 e. The summed E-state index contributed by atoms with van der Waals surface area (Å²) in [4.78, 5) is 31.8. The molecule has 144 valence electrons. The summed E-state index contributed by atoms with van der Waals surface area (Å²) in [6.45, 7) is 7.77. The van der Waals surface area contributed by atoms with Crippen molar-refractivity contribution < 1.29 is 14.3 Å². The second-order valence-corrected chi connectivity index (χ2v) is 8.74. The van der Waals surface area contributed by atoms with Gasteiger partial charge in [0.15, 0.2) is 5.78 Å². The van der Waals surface area contributed by atoms with Crippen molar-refractivity contribution in [3.63, 3.8) is 0 Å². The molecule has 27 heavy (non-hydrogen) atoms. The molecule has 5 nitrogen and oxygen atoms in total. The van der Waals surface area contributed by atoms with Gasteiger partial charge >= 0.3 is 0 Å². The smallest absolute Gasteiger partial charge is 0.229 e. The first-order chi connectivity index (χ1) is 12.8. The Labute approximate surface area is 164 Å². The van der Waals surface area contributed by atoms with Crippen LogP contribution in [0.2, 0.25) is 0 Å². The zero-order valence-corrected chi connectivity index (χ0v) is 16.9. The Morgan fingerprint density at radius 1 is 1.26 bits per heavy atom. The lowest BCUT2D eigenvalue weighted by molar-refractivity contribution is -0.139. The molecule has 0 bridgehead atoms. The number of aromatic nitrogens is 1. The van der Waals surface area contributed by atoms with E-state index in [1.165, 1.54) is 0 Å². The highest BCUT2D eigenvalue weighted by Gasteiger charge is 2.30. The van der Waals surface area contributed by atoms with E-state index in [1.54, 1.807) is 16.2 Å². The lowest BCUT2D eigenvalue weighted by atomic mass is 9.98. The van der Waals surface area contributed by atoms with E-state index in [1.807, 2.05) is 35.7 Å². The number of hydrogen-bond donors (Lipinski definition) is 0. The molecule has 1 aromatic heterocycles. The number of morpholine rings is 1. The van der Waals surface area contributed by atoms with Crippen LogP contribution in [0.15, 0.2) is 35.7 Å². The molecule has 0 unspecified atom stereocenters. The molecule has 3 rings (SSSR count). The van der Waals surface area contributed by atoms with E-state index in [0.29, 0.717) is 25.3 Å². The van der Waals surface area contributed by atoms with Crippen LogP contribution in [0.3, 0.4) is 0 Å². The Balaban J connectivity index is 1.66. The molecule has 2 heterocycles. The Morgan fingerprint density at radius 2 is 2.00 bits per heavy atom. The van der Waals surface area contributed by atoms with Gasteiger partial charge in [0.2, 0.25) is 5.91 Å². The van der Waals surface area contributed by atoms with Gasteiger partial charge in [0, 0.05) is 29.3 Å². The highest BCUT2D eigenvalue weighted by atomic mass is 32.1. The molecule has 1 amide bonds. The maximum absolute atomic E-state index is 12.9. The first-order valence-electron chi connectivity index (χ1n) is 9.25. The van der Waals surface area contributed by atoms with Crippen LogP contribution in [0.1, 0.15) is 48.3 Å². The maximum Gasteiger partial charge on any atom is 0.229 e. The van der Waals surface area contributed by atoms with Crippen molar-refractivity contribution in [1.29, 1.82) is 0 Å². The van der Waals surface area contributed by atoms with Crippen LogP contribution in [0.5, 0.6) is 0 Å². The molecular weight excluding hydrogens is 360 g/mol. The van der Waals surface area contributed by atoms with Gasteiger partial charge in [0.05, 0.1) is 36.4 Å². The van der Waals surface area contributed by atoms with E-state index < -0.39 is 0 Å². The molecule has 0 radical (unpaired) electrons. The minimum atomic E-state index is -0.223. The number of ketones is 1. The van der Waals surface area contributed by atoms with Crippen LogP contribution in [-0.2, 0) is 21.4 Å². The first-order valence-corrected chi connectivity index (χ1v) is 10.1. The fraction of sp³-hybridized carbons (Fsp3) is 0.476. The summed E-state index contributed by atoms with van der Waals surface area (Å²) in [7, 11) is 0. The average Bonchev–Trinajstić information content (AvgIpc) is 3.12. The molecule has 1 saturated heterocycles. The van der Waals surface area contributed by atoms with Crippen LogP contribution in [0, 0.1) is 0 Å². The topological polar surface area (TPSA) is 59.5 Å². The standard InChI is InChI=1S/C21H26N2O3S/c1-21(2,3)20-22-16(14-27-20)11-19(25)23-9-10-26-13-17(23)12-18(24)15-7-5-4-6-8-15/h4-8,14,17H,9-13H2,1-3H3/t17-/m1/s1. The zero-order valence-electron chi connectivity index (χ0n) is 16.1. The maximum atomic E-state index is 12.9. The van der Waals surface area contributed by atoms with Gasteiger partial charge in [-0.15, -0.1) is 11.3 Å². The number of benzene rings is 1.